The monoisotopic (exact) mass is 292 g/mol. The van der Waals surface area contributed by atoms with E-state index in [1.807, 2.05) is 6.07 Å². The van der Waals surface area contributed by atoms with Crippen molar-refractivity contribution in [3.05, 3.63) is 29.3 Å². The Bertz CT molecular complexity index is 341. The molecule has 0 spiro atoms. The van der Waals surface area contributed by atoms with Gasteiger partial charge in [0.25, 0.3) is 0 Å². The Kier molecular flexibility index (Phi) is 4.99. The first-order chi connectivity index (χ1) is 6.69. The van der Waals surface area contributed by atoms with Crippen LogP contribution in [-0.2, 0) is 5.88 Å². The van der Waals surface area contributed by atoms with Gasteiger partial charge in [-0.05, 0) is 23.8 Å². The first kappa shape index (κ1) is 12.1. The molecule has 0 aromatic heterocycles. The number of thiol groups is 1. The Morgan fingerprint density at radius 1 is 1.50 bits per heavy atom. The summed E-state index contributed by atoms with van der Waals surface area (Å²) in [6.07, 6.45) is 0.496. The van der Waals surface area contributed by atoms with Crippen LogP contribution in [0.25, 0.3) is 0 Å². The molecule has 0 N–H and O–H groups in total. The lowest BCUT2D eigenvalue weighted by Crippen LogP contribution is -2.03. The van der Waals surface area contributed by atoms with Gasteiger partial charge in [0.15, 0.2) is 5.78 Å². The summed E-state index contributed by atoms with van der Waals surface area (Å²) in [5, 5.41) is 0.677. The largest absolute Gasteiger partial charge is 0.294 e. The van der Waals surface area contributed by atoms with Gasteiger partial charge < -0.3 is 0 Å². The topological polar surface area (TPSA) is 17.1 Å². The smallest absolute Gasteiger partial charge is 0.164 e. The predicted octanol–water partition coefficient (Wildman–Crippen LogP) is 3.68. The van der Waals surface area contributed by atoms with Crippen molar-refractivity contribution < 1.29 is 4.79 Å². The number of alkyl halides is 2. The molecule has 0 saturated heterocycles. The van der Waals surface area contributed by atoms with Gasteiger partial charge in [-0.2, -0.15) is 0 Å². The Labute approximate surface area is 102 Å². The Morgan fingerprint density at radius 3 is 2.79 bits per heavy atom. The summed E-state index contributed by atoms with van der Waals surface area (Å²) in [4.78, 5) is 12.5. The lowest BCUT2D eigenvalue weighted by molar-refractivity contribution is 0.0989. The van der Waals surface area contributed by atoms with Crippen molar-refractivity contribution in [2.45, 2.75) is 17.2 Å². The van der Waals surface area contributed by atoms with E-state index in [1.54, 1.807) is 12.1 Å². The molecule has 0 bridgehead atoms. The minimum atomic E-state index is 0.117. The lowest BCUT2D eigenvalue weighted by Gasteiger charge is -2.05. The predicted molar refractivity (Wildman–Crippen MR) is 66.0 cm³/mol. The average molecular weight is 294 g/mol. The first-order valence-corrected chi connectivity index (χ1v) is 6.26. The molecule has 1 aromatic rings. The van der Waals surface area contributed by atoms with Crippen LogP contribution in [0.5, 0.6) is 0 Å². The van der Waals surface area contributed by atoms with Gasteiger partial charge in [0.05, 0.1) is 0 Å². The van der Waals surface area contributed by atoms with Crippen LogP contribution in [0.3, 0.4) is 0 Å². The summed E-state index contributed by atoms with van der Waals surface area (Å²) in [7, 11) is 0. The number of carbonyl (C=O) groups is 1. The van der Waals surface area contributed by atoms with Crippen LogP contribution in [0.1, 0.15) is 22.3 Å². The van der Waals surface area contributed by atoms with Gasteiger partial charge in [-0.15, -0.1) is 24.2 Å². The minimum Gasteiger partial charge on any atom is -0.294 e. The summed E-state index contributed by atoms with van der Waals surface area (Å²) >= 11 is 13.2. The molecule has 4 heteroatoms. The molecular weight excluding hydrogens is 284 g/mol. The second-order valence-corrected chi connectivity index (χ2v) is 4.41. The summed E-state index contributed by atoms with van der Waals surface area (Å²) < 4.78 is 0. The van der Waals surface area contributed by atoms with Crippen LogP contribution in [0.2, 0.25) is 0 Å². The van der Waals surface area contributed by atoms with Gasteiger partial charge in [0.1, 0.15) is 0 Å². The number of rotatable bonds is 4. The Morgan fingerprint density at radius 2 is 2.21 bits per heavy atom. The quantitative estimate of drug-likeness (QED) is 0.509. The summed E-state index contributed by atoms with van der Waals surface area (Å²) in [5.41, 5.74) is 1.56. The molecule has 0 aliphatic carbocycles. The first-order valence-electron chi connectivity index (χ1n) is 4.16. The van der Waals surface area contributed by atoms with E-state index in [1.165, 1.54) is 0 Å². The van der Waals surface area contributed by atoms with Crippen molar-refractivity contribution in [3.63, 3.8) is 0 Å². The fourth-order valence-corrected chi connectivity index (χ4v) is 1.99. The van der Waals surface area contributed by atoms with Crippen molar-refractivity contribution >= 4 is 45.9 Å². The minimum absolute atomic E-state index is 0.117. The zero-order chi connectivity index (χ0) is 10.6. The maximum Gasteiger partial charge on any atom is 0.164 e. The van der Waals surface area contributed by atoms with Crippen LogP contribution < -0.4 is 0 Å². The zero-order valence-corrected chi connectivity index (χ0v) is 10.7. The fourth-order valence-electron chi connectivity index (χ4n) is 1.18. The number of ketones is 1. The van der Waals surface area contributed by atoms with Crippen molar-refractivity contribution in [2.75, 3.05) is 5.33 Å². The molecule has 1 rings (SSSR count). The third-order valence-electron chi connectivity index (χ3n) is 1.85. The highest BCUT2D eigenvalue weighted by Crippen LogP contribution is 2.18. The number of carbonyl (C=O) groups excluding carboxylic acids is 1. The summed E-state index contributed by atoms with van der Waals surface area (Å²) in [6, 6.07) is 5.42. The van der Waals surface area contributed by atoms with Gasteiger partial charge in [-0.3, -0.25) is 4.79 Å². The van der Waals surface area contributed by atoms with Crippen molar-refractivity contribution in [2.24, 2.45) is 0 Å². The van der Waals surface area contributed by atoms with E-state index >= 15 is 0 Å². The molecule has 0 saturated carbocycles. The molecule has 0 amide bonds. The van der Waals surface area contributed by atoms with E-state index in [0.29, 0.717) is 23.2 Å². The Balaban J connectivity index is 3.01. The SMILES string of the molecule is O=C(CCBr)c1ccc(S)cc1CCl. The van der Waals surface area contributed by atoms with Gasteiger partial charge in [-0.25, -0.2) is 0 Å². The van der Waals surface area contributed by atoms with Gasteiger partial charge in [0.2, 0.25) is 0 Å². The van der Waals surface area contributed by atoms with Gasteiger partial charge in [0, 0.05) is 28.1 Å². The highest BCUT2D eigenvalue weighted by Gasteiger charge is 2.09. The molecule has 1 aromatic carbocycles. The van der Waals surface area contributed by atoms with Crippen molar-refractivity contribution in [1.82, 2.24) is 0 Å². The average Bonchev–Trinajstić information content (AvgIpc) is 2.17. The number of Topliss-reactive ketones (excluding diaryl/α,β-unsaturated/α-hetero) is 1. The van der Waals surface area contributed by atoms with E-state index in [4.69, 9.17) is 11.6 Å². The van der Waals surface area contributed by atoms with Crippen LogP contribution in [0.4, 0.5) is 0 Å². The molecular formula is C10H10BrClOS. The van der Waals surface area contributed by atoms with E-state index in [0.717, 1.165) is 10.5 Å². The maximum atomic E-state index is 11.6. The van der Waals surface area contributed by atoms with Crippen LogP contribution in [0, 0.1) is 0 Å². The highest BCUT2D eigenvalue weighted by atomic mass is 79.9. The maximum absolute atomic E-state index is 11.6. The molecule has 0 atom stereocenters. The fraction of sp³-hybridized carbons (Fsp3) is 0.300. The lowest BCUT2D eigenvalue weighted by atomic mass is 10.0. The van der Waals surface area contributed by atoms with E-state index in [-0.39, 0.29) is 5.78 Å². The molecule has 0 unspecified atom stereocenters. The molecule has 0 radical (unpaired) electrons. The summed E-state index contributed by atoms with van der Waals surface area (Å²) in [5.74, 6) is 0.462. The molecule has 76 valence electrons. The van der Waals surface area contributed by atoms with Crippen LogP contribution in [-0.4, -0.2) is 11.1 Å². The molecule has 1 nitrogen and oxygen atoms in total. The standard InChI is InChI=1S/C10H10BrClOS/c11-4-3-10(13)9-2-1-8(14)5-7(9)6-12/h1-2,5,14H,3-4,6H2. The Hall–Kier alpha value is 0.01000. The number of benzene rings is 1. The van der Waals surface area contributed by atoms with Gasteiger partial charge in [-0.1, -0.05) is 15.9 Å². The zero-order valence-electron chi connectivity index (χ0n) is 7.46. The molecule has 0 aliphatic heterocycles. The number of hydrogen-bond donors (Lipinski definition) is 1. The second-order valence-electron chi connectivity index (χ2n) is 2.84. The van der Waals surface area contributed by atoms with Crippen molar-refractivity contribution in [3.8, 4) is 0 Å². The van der Waals surface area contributed by atoms with E-state index < -0.39 is 0 Å². The second kappa shape index (κ2) is 5.79. The van der Waals surface area contributed by atoms with Gasteiger partial charge >= 0.3 is 0 Å². The summed E-state index contributed by atoms with van der Waals surface area (Å²) in [6.45, 7) is 0. The molecule has 0 aliphatic rings. The number of halogens is 2. The highest BCUT2D eigenvalue weighted by molar-refractivity contribution is 9.09. The van der Waals surface area contributed by atoms with Crippen LogP contribution in [0.15, 0.2) is 23.1 Å². The third kappa shape index (κ3) is 3.01. The normalized spacial score (nSPS) is 10.2. The molecule has 0 fully saturated rings. The molecule has 0 heterocycles. The van der Waals surface area contributed by atoms with Crippen molar-refractivity contribution in [1.29, 1.82) is 0 Å². The third-order valence-corrected chi connectivity index (χ3v) is 2.82. The van der Waals surface area contributed by atoms with Crippen LogP contribution >= 0.6 is 40.2 Å². The van der Waals surface area contributed by atoms with E-state index in [9.17, 15) is 4.79 Å². The van der Waals surface area contributed by atoms with E-state index in [2.05, 4.69) is 28.6 Å². The molecule has 14 heavy (non-hydrogen) atoms. The number of hydrogen-bond acceptors (Lipinski definition) is 2.